The van der Waals surface area contributed by atoms with Gasteiger partial charge < -0.3 is 10.1 Å². The summed E-state index contributed by atoms with van der Waals surface area (Å²) in [5.41, 5.74) is 1.28. The molecule has 0 atom stereocenters. The second kappa shape index (κ2) is 5.83. The summed E-state index contributed by atoms with van der Waals surface area (Å²) in [5.74, 6) is -0.855. The molecular formula is C18H16FNO3. The summed E-state index contributed by atoms with van der Waals surface area (Å²) in [6.45, 7) is 0. The Morgan fingerprint density at radius 2 is 1.65 bits per heavy atom. The SMILES string of the molecule is COC(=O)c1ccc(NC(=O)C2(c3ccc(F)cc3)CC2)cc1. The lowest BCUT2D eigenvalue weighted by molar-refractivity contribution is -0.118. The van der Waals surface area contributed by atoms with E-state index in [1.54, 1.807) is 36.4 Å². The molecular weight excluding hydrogens is 297 g/mol. The predicted octanol–water partition coefficient (Wildman–Crippen LogP) is 3.28. The summed E-state index contributed by atoms with van der Waals surface area (Å²) in [4.78, 5) is 23.9. The van der Waals surface area contributed by atoms with Crippen LogP contribution in [0.1, 0.15) is 28.8 Å². The molecule has 23 heavy (non-hydrogen) atoms. The van der Waals surface area contributed by atoms with E-state index in [9.17, 15) is 14.0 Å². The monoisotopic (exact) mass is 313 g/mol. The lowest BCUT2D eigenvalue weighted by atomic mass is 9.95. The number of benzene rings is 2. The van der Waals surface area contributed by atoms with Crippen molar-refractivity contribution in [1.29, 1.82) is 0 Å². The molecule has 0 heterocycles. The smallest absolute Gasteiger partial charge is 0.337 e. The van der Waals surface area contributed by atoms with Crippen LogP contribution in [0.25, 0.3) is 0 Å². The molecule has 1 amide bonds. The normalized spacial score (nSPS) is 14.9. The fourth-order valence-corrected chi connectivity index (χ4v) is 2.60. The van der Waals surface area contributed by atoms with Crippen LogP contribution >= 0.6 is 0 Å². The topological polar surface area (TPSA) is 55.4 Å². The molecule has 0 unspecified atom stereocenters. The van der Waals surface area contributed by atoms with E-state index in [4.69, 9.17) is 0 Å². The van der Waals surface area contributed by atoms with Crippen LogP contribution in [0.2, 0.25) is 0 Å². The Morgan fingerprint density at radius 3 is 2.17 bits per heavy atom. The quantitative estimate of drug-likeness (QED) is 0.881. The van der Waals surface area contributed by atoms with Crippen molar-refractivity contribution in [2.75, 3.05) is 12.4 Å². The molecule has 1 fully saturated rings. The molecule has 0 saturated heterocycles. The van der Waals surface area contributed by atoms with E-state index < -0.39 is 11.4 Å². The fourth-order valence-electron chi connectivity index (χ4n) is 2.60. The Bertz CT molecular complexity index is 734. The molecule has 1 aliphatic rings. The summed E-state index contributed by atoms with van der Waals surface area (Å²) in [6, 6.07) is 12.6. The number of nitrogens with one attached hydrogen (secondary N) is 1. The molecule has 0 bridgehead atoms. The summed E-state index contributed by atoms with van der Waals surface area (Å²) < 4.78 is 17.7. The van der Waals surface area contributed by atoms with Crippen LogP contribution in [-0.4, -0.2) is 19.0 Å². The third kappa shape index (κ3) is 2.95. The van der Waals surface area contributed by atoms with Gasteiger partial charge in [0.05, 0.1) is 18.1 Å². The van der Waals surface area contributed by atoms with Crippen molar-refractivity contribution in [3.05, 3.63) is 65.5 Å². The Morgan fingerprint density at radius 1 is 1.04 bits per heavy atom. The van der Waals surface area contributed by atoms with Crippen molar-refractivity contribution < 1.29 is 18.7 Å². The predicted molar refractivity (Wildman–Crippen MR) is 83.7 cm³/mol. The number of esters is 1. The van der Waals surface area contributed by atoms with E-state index in [1.807, 2.05) is 0 Å². The van der Waals surface area contributed by atoms with E-state index in [2.05, 4.69) is 10.1 Å². The highest BCUT2D eigenvalue weighted by Crippen LogP contribution is 2.49. The number of amides is 1. The van der Waals surface area contributed by atoms with Gasteiger partial charge in [0.1, 0.15) is 5.82 Å². The third-order valence-electron chi connectivity index (χ3n) is 4.15. The zero-order valence-electron chi connectivity index (χ0n) is 12.6. The number of methoxy groups -OCH3 is 1. The molecule has 118 valence electrons. The van der Waals surface area contributed by atoms with Gasteiger partial charge in [-0.25, -0.2) is 9.18 Å². The van der Waals surface area contributed by atoms with Crippen LogP contribution in [0.5, 0.6) is 0 Å². The number of hydrogen-bond donors (Lipinski definition) is 1. The van der Waals surface area contributed by atoms with E-state index in [0.29, 0.717) is 11.3 Å². The molecule has 3 rings (SSSR count). The first kappa shape index (κ1) is 15.2. The molecule has 1 saturated carbocycles. The van der Waals surface area contributed by atoms with Crippen molar-refractivity contribution in [3.63, 3.8) is 0 Å². The Hall–Kier alpha value is -2.69. The van der Waals surface area contributed by atoms with Crippen LogP contribution in [0.4, 0.5) is 10.1 Å². The first-order valence-corrected chi connectivity index (χ1v) is 7.31. The molecule has 0 radical (unpaired) electrons. The molecule has 4 nitrogen and oxygen atoms in total. The molecule has 2 aromatic rings. The second-order valence-electron chi connectivity index (χ2n) is 5.61. The maximum atomic E-state index is 13.0. The Labute approximate surface area is 133 Å². The number of carbonyl (C=O) groups excluding carboxylic acids is 2. The third-order valence-corrected chi connectivity index (χ3v) is 4.15. The van der Waals surface area contributed by atoms with Crippen molar-refractivity contribution in [2.24, 2.45) is 0 Å². The minimum absolute atomic E-state index is 0.116. The number of carbonyl (C=O) groups is 2. The van der Waals surface area contributed by atoms with Crippen LogP contribution in [0.15, 0.2) is 48.5 Å². The van der Waals surface area contributed by atoms with Gasteiger partial charge in [0.2, 0.25) is 5.91 Å². The van der Waals surface area contributed by atoms with Gasteiger partial charge in [0.15, 0.2) is 0 Å². The summed E-state index contributed by atoms with van der Waals surface area (Å²) in [5, 5.41) is 2.86. The summed E-state index contributed by atoms with van der Waals surface area (Å²) in [7, 11) is 1.32. The lowest BCUT2D eigenvalue weighted by Gasteiger charge is -2.16. The van der Waals surface area contributed by atoms with Gasteiger partial charge in [-0.15, -0.1) is 0 Å². The van der Waals surface area contributed by atoms with Crippen LogP contribution in [0.3, 0.4) is 0 Å². The lowest BCUT2D eigenvalue weighted by Crippen LogP contribution is -2.27. The zero-order chi connectivity index (χ0) is 16.4. The van der Waals surface area contributed by atoms with E-state index >= 15 is 0 Å². The standard InChI is InChI=1S/C18H16FNO3/c1-23-16(21)12-2-8-15(9-3-12)20-17(22)18(10-11-18)13-4-6-14(19)7-5-13/h2-9H,10-11H2,1H3,(H,20,22). The van der Waals surface area contributed by atoms with Gasteiger partial charge >= 0.3 is 5.97 Å². The van der Waals surface area contributed by atoms with Gasteiger partial charge in [-0.2, -0.15) is 0 Å². The van der Waals surface area contributed by atoms with Crippen molar-refractivity contribution in [1.82, 2.24) is 0 Å². The summed E-state index contributed by atoms with van der Waals surface area (Å²) >= 11 is 0. The van der Waals surface area contributed by atoms with Gasteiger partial charge in [-0.1, -0.05) is 12.1 Å². The minimum Gasteiger partial charge on any atom is -0.465 e. The first-order chi connectivity index (χ1) is 11.0. The number of anilines is 1. The highest BCUT2D eigenvalue weighted by Gasteiger charge is 2.51. The molecule has 2 aromatic carbocycles. The molecule has 0 aromatic heterocycles. The van der Waals surface area contributed by atoms with Gasteiger partial charge in [0.25, 0.3) is 0 Å². The van der Waals surface area contributed by atoms with Crippen molar-refractivity contribution in [2.45, 2.75) is 18.3 Å². The van der Waals surface area contributed by atoms with Gasteiger partial charge in [-0.3, -0.25) is 4.79 Å². The van der Waals surface area contributed by atoms with Gasteiger partial charge in [-0.05, 0) is 54.8 Å². The van der Waals surface area contributed by atoms with E-state index in [1.165, 1.54) is 19.2 Å². The number of halogens is 1. The second-order valence-corrected chi connectivity index (χ2v) is 5.61. The largest absolute Gasteiger partial charge is 0.465 e. The Balaban J connectivity index is 1.74. The van der Waals surface area contributed by atoms with Crippen molar-refractivity contribution >= 4 is 17.6 Å². The maximum absolute atomic E-state index is 13.0. The van der Waals surface area contributed by atoms with E-state index in [-0.39, 0.29) is 11.7 Å². The number of ether oxygens (including phenoxy) is 1. The zero-order valence-corrected chi connectivity index (χ0v) is 12.6. The van der Waals surface area contributed by atoms with Crippen LogP contribution in [-0.2, 0) is 14.9 Å². The number of rotatable bonds is 4. The highest BCUT2D eigenvalue weighted by atomic mass is 19.1. The van der Waals surface area contributed by atoms with Crippen molar-refractivity contribution in [3.8, 4) is 0 Å². The Kier molecular flexibility index (Phi) is 3.86. The molecule has 5 heteroatoms. The highest BCUT2D eigenvalue weighted by molar-refractivity contribution is 6.01. The minimum atomic E-state index is -0.575. The maximum Gasteiger partial charge on any atom is 0.337 e. The van der Waals surface area contributed by atoms with Crippen LogP contribution < -0.4 is 5.32 Å². The first-order valence-electron chi connectivity index (χ1n) is 7.31. The average Bonchev–Trinajstić information content (AvgIpc) is 3.37. The fraction of sp³-hybridized carbons (Fsp3) is 0.222. The van der Waals surface area contributed by atoms with Gasteiger partial charge in [0, 0.05) is 5.69 Å². The molecule has 0 spiro atoms. The van der Waals surface area contributed by atoms with Crippen LogP contribution in [0, 0.1) is 5.82 Å². The molecule has 1 aliphatic carbocycles. The molecule has 0 aliphatic heterocycles. The average molecular weight is 313 g/mol. The summed E-state index contributed by atoms with van der Waals surface area (Å²) in [6.07, 6.45) is 1.48. The van der Waals surface area contributed by atoms with E-state index in [0.717, 1.165) is 18.4 Å². The molecule has 1 N–H and O–H groups in total. The number of hydrogen-bond acceptors (Lipinski definition) is 3.